The van der Waals surface area contributed by atoms with Gasteiger partial charge in [0, 0.05) is 0 Å². The number of nitrogens with one attached hydrogen (secondary N) is 1. The highest BCUT2D eigenvalue weighted by Crippen LogP contribution is 2.11. The molecule has 1 aromatic rings. The molecule has 9 heteroatoms. The number of aromatic hydroxyl groups is 1. The summed E-state index contributed by atoms with van der Waals surface area (Å²) in [5.41, 5.74) is 0.515. The molecule has 1 rings (SSSR count). The Hall–Kier alpha value is -2.13. The van der Waals surface area contributed by atoms with Gasteiger partial charge in [-0.1, -0.05) is 12.1 Å². The van der Waals surface area contributed by atoms with Crippen molar-refractivity contribution in [1.29, 1.82) is 0 Å². The summed E-state index contributed by atoms with van der Waals surface area (Å²) in [6.07, 6.45) is -0.129. The van der Waals surface area contributed by atoms with Crippen molar-refractivity contribution in [2.24, 2.45) is 0 Å². The van der Waals surface area contributed by atoms with Crippen molar-refractivity contribution in [2.45, 2.75) is 12.5 Å². The minimum atomic E-state index is -4.12. The van der Waals surface area contributed by atoms with Crippen LogP contribution in [0.2, 0.25) is 0 Å². The zero-order chi connectivity index (χ0) is 16.0. The Morgan fingerprint density at radius 1 is 1.29 bits per heavy atom. The molecule has 21 heavy (non-hydrogen) atoms. The summed E-state index contributed by atoms with van der Waals surface area (Å²) < 4.78 is 29.4. The van der Waals surface area contributed by atoms with Gasteiger partial charge in [-0.25, -0.2) is 13.1 Å². The third-order valence-corrected chi connectivity index (χ3v) is 3.79. The lowest BCUT2D eigenvalue weighted by Crippen LogP contribution is -2.44. The van der Waals surface area contributed by atoms with E-state index in [2.05, 4.69) is 4.74 Å². The number of esters is 1. The topological polar surface area (TPSA) is 130 Å². The smallest absolute Gasteiger partial charge is 0.322 e. The Bertz CT molecular complexity index is 609. The Balaban J connectivity index is 2.81. The Kier molecular flexibility index (Phi) is 5.68. The van der Waals surface area contributed by atoms with E-state index in [1.165, 1.54) is 24.3 Å². The molecule has 0 fully saturated rings. The van der Waals surface area contributed by atoms with Gasteiger partial charge in [-0.2, -0.15) is 0 Å². The van der Waals surface area contributed by atoms with Gasteiger partial charge in [-0.05, 0) is 24.1 Å². The van der Waals surface area contributed by atoms with Crippen LogP contribution in [0.5, 0.6) is 5.75 Å². The average molecular weight is 317 g/mol. The van der Waals surface area contributed by atoms with Gasteiger partial charge in [0.25, 0.3) is 0 Å². The standard InChI is InChI=1S/C12H15NO7S/c1-20-11(15)7-21(18,19)13-10(12(16)17)6-8-2-4-9(14)5-3-8/h2-5,10,13-14H,6-7H2,1H3,(H,16,17)/t10-/m0/s1. The fourth-order valence-electron chi connectivity index (χ4n) is 1.52. The molecule has 0 radical (unpaired) electrons. The molecule has 0 aliphatic heterocycles. The summed E-state index contributed by atoms with van der Waals surface area (Å²) >= 11 is 0. The lowest BCUT2D eigenvalue weighted by molar-refractivity contribution is -0.139. The second-order valence-corrected chi connectivity index (χ2v) is 5.97. The minimum absolute atomic E-state index is 0.0110. The van der Waals surface area contributed by atoms with Crippen LogP contribution in [-0.4, -0.2) is 49.5 Å². The number of carboxylic acid groups (broad SMARTS) is 1. The van der Waals surface area contributed by atoms with Crippen LogP contribution < -0.4 is 4.72 Å². The first-order valence-electron chi connectivity index (χ1n) is 5.81. The number of hydrogen-bond donors (Lipinski definition) is 3. The van der Waals surface area contributed by atoms with Gasteiger partial charge in [0.15, 0.2) is 5.75 Å². The minimum Gasteiger partial charge on any atom is -0.508 e. The fourth-order valence-corrected chi connectivity index (χ4v) is 2.65. The van der Waals surface area contributed by atoms with Crippen molar-refractivity contribution in [3.8, 4) is 5.75 Å². The van der Waals surface area contributed by atoms with E-state index in [-0.39, 0.29) is 12.2 Å². The predicted molar refractivity (Wildman–Crippen MR) is 72.2 cm³/mol. The number of carbonyl (C=O) groups is 2. The molecule has 0 aliphatic carbocycles. The van der Waals surface area contributed by atoms with E-state index in [9.17, 15) is 18.0 Å². The summed E-state index contributed by atoms with van der Waals surface area (Å²) in [6, 6.07) is 4.23. The van der Waals surface area contributed by atoms with E-state index >= 15 is 0 Å². The Morgan fingerprint density at radius 3 is 2.33 bits per heavy atom. The molecule has 0 saturated heterocycles. The maximum Gasteiger partial charge on any atom is 0.322 e. The molecule has 0 amide bonds. The van der Waals surface area contributed by atoms with E-state index in [0.29, 0.717) is 5.56 Å². The molecule has 116 valence electrons. The molecule has 0 spiro atoms. The zero-order valence-corrected chi connectivity index (χ0v) is 12.0. The summed E-state index contributed by atoms with van der Waals surface area (Å²) in [7, 11) is -3.09. The van der Waals surface area contributed by atoms with Crippen LogP contribution >= 0.6 is 0 Å². The van der Waals surface area contributed by atoms with Gasteiger partial charge in [0.05, 0.1) is 7.11 Å². The van der Waals surface area contributed by atoms with E-state index in [4.69, 9.17) is 10.2 Å². The highest BCUT2D eigenvalue weighted by molar-refractivity contribution is 7.90. The number of carboxylic acids is 1. The summed E-state index contributed by atoms with van der Waals surface area (Å²) in [6.45, 7) is 0. The second kappa shape index (κ2) is 7.04. The van der Waals surface area contributed by atoms with Crippen LogP contribution in [0.1, 0.15) is 5.56 Å². The van der Waals surface area contributed by atoms with Crippen molar-refractivity contribution in [3.63, 3.8) is 0 Å². The predicted octanol–water partition coefficient (Wildman–Crippen LogP) is -0.520. The first-order chi connectivity index (χ1) is 9.73. The van der Waals surface area contributed by atoms with Crippen LogP contribution in [0.25, 0.3) is 0 Å². The van der Waals surface area contributed by atoms with Crippen molar-refractivity contribution in [2.75, 3.05) is 12.9 Å². The Morgan fingerprint density at radius 2 is 1.86 bits per heavy atom. The SMILES string of the molecule is COC(=O)CS(=O)(=O)N[C@@H](Cc1ccc(O)cc1)C(=O)O. The molecule has 0 unspecified atom stereocenters. The van der Waals surface area contributed by atoms with Crippen LogP contribution in [0.4, 0.5) is 0 Å². The third-order valence-electron chi connectivity index (χ3n) is 2.53. The van der Waals surface area contributed by atoms with Gasteiger partial charge in [0.2, 0.25) is 10.0 Å². The maximum atomic E-state index is 11.6. The number of carbonyl (C=O) groups excluding carboxylic acids is 1. The average Bonchev–Trinajstić information content (AvgIpc) is 2.39. The summed E-state index contributed by atoms with van der Waals surface area (Å²) in [5.74, 6) is -3.31. The number of phenolic OH excluding ortho intramolecular Hbond substituents is 1. The molecule has 3 N–H and O–H groups in total. The lowest BCUT2D eigenvalue weighted by Gasteiger charge is -2.14. The maximum absolute atomic E-state index is 11.6. The van der Waals surface area contributed by atoms with Gasteiger partial charge >= 0.3 is 11.9 Å². The number of methoxy groups -OCH3 is 1. The van der Waals surface area contributed by atoms with Gasteiger partial charge in [0.1, 0.15) is 11.8 Å². The molecular formula is C12H15NO7S. The molecule has 8 nitrogen and oxygen atoms in total. The summed E-state index contributed by atoms with van der Waals surface area (Å²) in [4.78, 5) is 22.1. The van der Waals surface area contributed by atoms with Crippen LogP contribution in [0.15, 0.2) is 24.3 Å². The third kappa shape index (κ3) is 5.79. The van der Waals surface area contributed by atoms with Crippen LogP contribution in [0, 0.1) is 0 Å². The van der Waals surface area contributed by atoms with Crippen LogP contribution in [-0.2, 0) is 30.8 Å². The molecule has 1 aromatic carbocycles. The number of sulfonamides is 1. The van der Waals surface area contributed by atoms with Gasteiger partial charge in [-0.3, -0.25) is 9.59 Å². The largest absolute Gasteiger partial charge is 0.508 e. The zero-order valence-electron chi connectivity index (χ0n) is 11.1. The molecule has 0 aromatic heterocycles. The first-order valence-corrected chi connectivity index (χ1v) is 7.46. The normalized spacial score (nSPS) is 12.6. The number of aliphatic carboxylic acids is 1. The highest BCUT2D eigenvalue weighted by atomic mass is 32.2. The number of ether oxygens (including phenoxy) is 1. The summed E-state index contributed by atoms with van der Waals surface area (Å²) in [5, 5.41) is 18.2. The monoisotopic (exact) mass is 317 g/mol. The second-order valence-electron chi connectivity index (χ2n) is 4.21. The molecule has 0 bridgehead atoms. The number of hydrogen-bond acceptors (Lipinski definition) is 6. The Labute approximate surface area is 121 Å². The highest BCUT2D eigenvalue weighted by Gasteiger charge is 2.26. The van der Waals surface area contributed by atoms with Gasteiger partial charge in [-0.15, -0.1) is 0 Å². The molecule has 0 saturated carbocycles. The van der Waals surface area contributed by atoms with Crippen LogP contribution in [0.3, 0.4) is 0 Å². The number of benzene rings is 1. The van der Waals surface area contributed by atoms with E-state index in [1.807, 2.05) is 4.72 Å². The van der Waals surface area contributed by atoms with E-state index in [1.54, 1.807) is 0 Å². The first kappa shape index (κ1) is 16.9. The van der Waals surface area contributed by atoms with Gasteiger partial charge < -0.3 is 14.9 Å². The van der Waals surface area contributed by atoms with Crippen molar-refractivity contribution in [1.82, 2.24) is 4.72 Å². The molecule has 1 atom stereocenters. The molecule has 0 aliphatic rings. The van der Waals surface area contributed by atoms with Crippen molar-refractivity contribution in [3.05, 3.63) is 29.8 Å². The molecular weight excluding hydrogens is 302 g/mol. The van der Waals surface area contributed by atoms with Crippen molar-refractivity contribution >= 4 is 22.0 Å². The van der Waals surface area contributed by atoms with E-state index in [0.717, 1.165) is 7.11 Å². The van der Waals surface area contributed by atoms with E-state index < -0.39 is 33.8 Å². The number of rotatable bonds is 7. The van der Waals surface area contributed by atoms with Crippen molar-refractivity contribution < 1.29 is 33.0 Å². The lowest BCUT2D eigenvalue weighted by atomic mass is 10.1. The quantitative estimate of drug-likeness (QED) is 0.577. The number of phenols is 1. The molecule has 0 heterocycles. The fraction of sp³-hybridized carbons (Fsp3) is 0.333.